The first kappa shape index (κ1) is 26.2. The van der Waals surface area contributed by atoms with Crippen molar-refractivity contribution < 1.29 is 9.47 Å². The molecule has 9 nitrogen and oxygen atoms in total. The van der Waals surface area contributed by atoms with E-state index in [1.165, 1.54) is 10.7 Å². The van der Waals surface area contributed by atoms with E-state index in [2.05, 4.69) is 32.7 Å². The summed E-state index contributed by atoms with van der Waals surface area (Å²) >= 11 is 0. The monoisotopic (exact) mass is 526 g/mol. The minimum atomic E-state index is -0.168. The summed E-state index contributed by atoms with van der Waals surface area (Å²) in [7, 11) is 3.50. The van der Waals surface area contributed by atoms with Crippen molar-refractivity contribution in [3.8, 4) is 11.6 Å². The average molecular weight is 527 g/mol. The molecule has 0 spiro atoms. The number of nitrogens with zero attached hydrogens (tertiary/aromatic N) is 5. The van der Waals surface area contributed by atoms with Gasteiger partial charge in [-0.3, -0.25) is 9.48 Å². The maximum Gasteiger partial charge on any atom is 0.267 e. The highest BCUT2D eigenvalue weighted by Gasteiger charge is 2.27. The zero-order valence-corrected chi connectivity index (χ0v) is 22.6. The topological polar surface area (TPSA) is 96.1 Å². The van der Waals surface area contributed by atoms with Crippen molar-refractivity contribution in [2.24, 2.45) is 0 Å². The molecule has 3 aromatic heterocycles. The Labute approximate surface area is 227 Å². The number of pyridine rings is 1. The Balaban J connectivity index is 1.30. The van der Waals surface area contributed by atoms with E-state index in [1.807, 2.05) is 56.6 Å². The second kappa shape index (κ2) is 11.6. The summed E-state index contributed by atoms with van der Waals surface area (Å²) in [5.41, 5.74) is 3.74. The number of fused-ring (bicyclic) bond motifs is 1. The predicted molar refractivity (Wildman–Crippen MR) is 153 cm³/mol. The number of hydrogen-bond donors (Lipinski definition) is 1. The second-order valence-corrected chi connectivity index (χ2v) is 9.64. The molecule has 1 aliphatic carbocycles. The van der Waals surface area contributed by atoms with Crippen molar-refractivity contribution in [3.05, 3.63) is 89.0 Å². The van der Waals surface area contributed by atoms with Crippen molar-refractivity contribution in [2.75, 3.05) is 19.5 Å². The molecule has 0 saturated heterocycles. The van der Waals surface area contributed by atoms with Crippen LogP contribution in [-0.4, -0.2) is 44.8 Å². The zero-order chi connectivity index (χ0) is 27.4. The van der Waals surface area contributed by atoms with Crippen molar-refractivity contribution in [1.29, 1.82) is 0 Å². The molecule has 1 fully saturated rings. The largest absolute Gasteiger partial charge is 0.497 e. The first-order valence-corrected chi connectivity index (χ1v) is 13.3. The summed E-state index contributed by atoms with van der Waals surface area (Å²) in [5.74, 6) is 2.05. The molecule has 1 aliphatic rings. The molecule has 0 radical (unpaired) electrons. The number of allylic oxidation sites excluding steroid dienone is 3. The summed E-state index contributed by atoms with van der Waals surface area (Å²) in [4.78, 5) is 16.9. The van der Waals surface area contributed by atoms with Gasteiger partial charge < -0.3 is 14.8 Å². The van der Waals surface area contributed by atoms with Crippen LogP contribution in [0.15, 0.2) is 72.2 Å². The van der Waals surface area contributed by atoms with Crippen molar-refractivity contribution >= 4 is 22.3 Å². The Morgan fingerprint density at radius 3 is 2.56 bits per heavy atom. The van der Waals surface area contributed by atoms with Crippen molar-refractivity contribution in [2.45, 2.75) is 51.3 Å². The highest BCUT2D eigenvalue weighted by atomic mass is 16.5. The lowest BCUT2D eigenvalue weighted by molar-refractivity contribution is 0.123. The predicted octanol–water partition coefficient (Wildman–Crippen LogP) is 5.24. The zero-order valence-electron chi connectivity index (χ0n) is 22.6. The van der Waals surface area contributed by atoms with Crippen LogP contribution in [0.4, 0.5) is 5.82 Å². The van der Waals surface area contributed by atoms with Crippen LogP contribution < -0.4 is 20.3 Å². The Bertz CT molecular complexity index is 1550. The molecule has 202 valence electrons. The fourth-order valence-corrected chi connectivity index (χ4v) is 5.10. The molecule has 1 aromatic carbocycles. The van der Waals surface area contributed by atoms with Gasteiger partial charge in [0.05, 0.1) is 25.2 Å². The number of nitrogens with one attached hydrogen (secondary N) is 1. The third-order valence-electron chi connectivity index (χ3n) is 7.26. The minimum Gasteiger partial charge on any atom is -0.497 e. The maximum atomic E-state index is 12.4. The standard InChI is InChI=1S/C30H34N6O3/c1-5-21(6-2)30-25-18-32-27(31-3)17-26(25)36(34-30)22-9-13-24(14-10-22)39-28-15-16-29(37)35(33-28)19-20-7-11-23(38-4)12-8-20/h5-8,11-12,15-18,22,24H,1,9-10,13-14,19H2,2-4H3,(H,31,32)/b21-6+. The molecule has 0 amide bonds. The number of ether oxygens (including phenoxy) is 2. The van der Waals surface area contributed by atoms with Crippen LogP contribution in [0.25, 0.3) is 16.5 Å². The lowest BCUT2D eigenvalue weighted by Gasteiger charge is -2.29. The van der Waals surface area contributed by atoms with Gasteiger partial charge in [-0.1, -0.05) is 30.9 Å². The first-order valence-electron chi connectivity index (χ1n) is 13.3. The molecule has 0 atom stereocenters. The Morgan fingerprint density at radius 2 is 1.90 bits per heavy atom. The number of hydrogen-bond acceptors (Lipinski definition) is 7. The van der Waals surface area contributed by atoms with Crippen LogP contribution in [0.3, 0.4) is 0 Å². The third kappa shape index (κ3) is 5.57. The smallest absolute Gasteiger partial charge is 0.267 e. The summed E-state index contributed by atoms with van der Waals surface area (Å²) in [5, 5.41) is 13.7. The van der Waals surface area contributed by atoms with E-state index in [4.69, 9.17) is 14.6 Å². The number of anilines is 1. The highest BCUT2D eigenvalue weighted by molar-refractivity contribution is 5.93. The second-order valence-electron chi connectivity index (χ2n) is 9.64. The molecule has 4 aromatic rings. The summed E-state index contributed by atoms with van der Waals surface area (Å²) in [6.45, 7) is 6.32. The van der Waals surface area contributed by atoms with Gasteiger partial charge in [-0.15, -0.1) is 5.10 Å². The van der Waals surface area contributed by atoms with Gasteiger partial charge in [0.15, 0.2) is 0 Å². The van der Waals surface area contributed by atoms with E-state index in [0.29, 0.717) is 12.4 Å². The van der Waals surface area contributed by atoms with Gasteiger partial charge in [-0.05, 0) is 55.9 Å². The minimum absolute atomic E-state index is 0.0239. The van der Waals surface area contributed by atoms with Gasteiger partial charge in [-0.25, -0.2) is 9.67 Å². The Morgan fingerprint density at radius 1 is 1.13 bits per heavy atom. The number of benzene rings is 1. The van der Waals surface area contributed by atoms with E-state index in [1.54, 1.807) is 13.2 Å². The van der Waals surface area contributed by atoms with Gasteiger partial charge in [0.1, 0.15) is 23.4 Å². The van der Waals surface area contributed by atoms with Crippen LogP contribution in [0.2, 0.25) is 0 Å². The third-order valence-corrected chi connectivity index (χ3v) is 7.26. The molecular weight excluding hydrogens is 492 g/mol. The summed E-state index contributed by atoms with van der Waals surface area (Å²) in [6.07, 6.45) is 9.34. The van der Waals surface area contributed by atoms with Crippen LogP contribution in [0.5, 0.6) is 11.6 Å². The summed E-state index contributed by atoms with van der Waals surface area (Å²) in [6, 6.07) is 13.1. The fraction of sp³-hybridized carbons (Fsp3) is 0.333. The van der Waals surface area contributed by atoms with E-state index in [-0.39, 0.29) is 17.7 Å². The molecule has 1 saturated carbocycles. The number of rotatable bonds is 9. The number of aromatic nitrogens is 5. The van der Waals surface area contributed by atoms with Crippen LogP contribution >= 0.6 is 0 Å². The molecule has 0 unspecified atom stereocenters. The molecule has 0 bridgehead atoms. The van der Waals surface area contributed by atoms with E-state index < -0.39 is 0 Å². The van der Waals surface area contributed by atoms with Crippen LogP contribution in [0, 0.1) is 0 Å². The normalized spacial score (nSPS) is 17.7. The van der Waals surface area contributed by atoms with Crippen LogP contribution in [0.1, 0.15) is 49.9 Å². The average Bonchev–Trinajstić information content (AvgIpc) is 3.35. The lowest BCUT2D eigenvalue weighted by atomic mass is 9.93. The van der Waals surface area contributed by atoms with Gasteiger partial charge in [0.2, 0.25) is 5.88 Å². The van der Waals surface area contributed by atoms with Crippen molar-refractivity contribution in [1.82, 2.24) is 24.5 Å². The van der Waals surface area contributed by atoms with Gasteiger partial charge in [-0.2, -0.15) is 5.10 Å². The molecular formula is C30H34N6O3. The SMILES string of the molecule is C=C/C(=C\C)c1nn(C2CCC(Oc3ccc(=O)n(Cc4ccc(OC)cc4)n3)CC2)c2cc(NC)ncc12. The number of methoxy groups -OCH3 is 1. The molecule has 5 rings (SSSR count). The summed E-state index contributed by atoms with van der Waals surface area (Å²) < 4.78 is 15.0. The Kier molecular flexibility index (Phi) is 7.76. The van der Waals surface area contributed by atoms with E-state index in [9.17, 15) is 4.79 Å². The molecule has 39 heavy (non-hydrogen) atoms. The first-order chi connectivity index (χ1) is 19.0. The quantitative estimate of drug-likeness (QED) is 0.298. The van der Waals surface area contributed by atoms with E-state index >= 15 is 0 Å². The Hall–Kier alpha value is -4.40. The maximum absolute atomic E-state index is 12.4. The highest BCUT2D eigenvalue weighted by Crippen LogP contribution is 2.35. The fourth-order valence-electron chi connectivity index (χ4n) is 5.10. The van der Waals surface area contributed by atoms with Crippen molar-refractivity contribution in [3.63, 3.8) is 0 Å². The van der Waals surface area contributed by atoms with Gasteiger partial charge in [0.25, 0.3) is 5.56 Å². The van der Waals surface area contributed by atoms with Gasteiger partial charge >= 0.3 is 0 Å². The van der Waals surface area contributed by atoms with Gasteiger partial charge in [0, 0.05) is 36.8 Å². The lowest BCUT2D eigenvalue weighted by Crippen LogP contribution is -2.28. The molecule has 3 heterocycles. The van der Waals surface area contributed by atoms with E-state index in [0.717, 1.165) is 65.0 Å². The molecule has 0 aliphatic heterocycles. The molecule has 9 heteroatoms. The van der Waals surface area contributed by atoms with Crippen LogP contribution in [-0.2, 0) is 6.54 Å². The molecule has 1 N–H and O–H groups in total.